The van der Waals surface area contributed by atoms with E-state index in [-0.39, 0.29) is 0 Å². The summed E-state index contributed by atoms with van der Waals surface area (Å²) < 4.78 is 0. The quantitative estimate of drug-likeness (QED) is 0.583. The highest BCUT2D eigenvalue weighted by atomic mass is 32.2. The lowest BCUT2D eigenvalue weighted by Crippen LogP contribution is -2.56. The second-order valence-corrected chi connectivity index (χ2v) is 5.03. The van der Waals surface area contributed by atoms with Gasteiger partial charge < -0.3 is 15.7 Å². The number of hydrogen-bond acceptors (Lipinski definition) is 4. The lowest BCUT2D eigenvalue weighted by Gasteiger charge is -2.33. The predicted molar refractivity (Wildman–Crippen MR) is 63.5 cm³/mol. The van der Waals surface area contributed by atoms with E-state index in [1.807, 2.05) is 7.05 Å². The molecule has 0 aromatic carbocycles. The van der Waals surface area contributed by atoms with Crippen LogP contribution in [0, 0.1) is 0 Å². The Bertz CT molecular complexity index is 206. The van der Waals surface area contributed by atoms with Crippen molar-refractivity contribution in [2.75, 3.05) is 31.6 Å². The molecule has 1 heterocycles. The van der Waals surface area contributed by atoms with Gasteiger partial charge in [0.1, 0.15) is 5.54 Å². The third kappa shape index (κ3) is 3.66. The highest BCUT2D eigenvalue weighted by Gasteiger charge is 2.39. The first kappa shape index (κ1) is 12.8. The molecule has 5 heteroatoms. The van der Waals surface area contributed by atoms with E-state index in [0.29, 0.717) is 5.75 Å². The predicted octanol–water partition coefficient (Wildman–Crippen LogP) is 0.536. The van der Waals surface area contributed by atoms with Crippen LogP contribution in [0.5, 0.6) is 0 Å². The van der Waals surface area contributed by atoms with Crippen LogP contribution in [-0.4, -0.2) is 48.3 Å². The molecule has 1 unspecified atom stereocenters. The number of rotatable bonds is 6. The maximum Gasteiger partial charge on any atom is 0.324 e. The Morgan fingerprint density at radius 3 is 2.87 bits per heavy atom. The molecule has 4 nitrogen and oxygen atoms in total. The van der Waals surface area contributed by atoms with Gasteiger partial charge in [0.25, 0.3) is 0 Å². The van der Waals surface area contributed by atoms with Crippen molar-refractivity contribution in [3.8, 4) is 0 Å². The van der Waals surface area contributed by atoms with Crippen molar-refractivity contribution in [2.45, 2.75) is 24.8 Å². The third-order valence-electron chi connectivity index (χ3n) is 2.72. The zero-order valence-electron chi connectivity index (χ0n) is 9.21. The van der Waals surface area contributed by atoms with Crippen molar-refractivity contribution >= 4 is 17.7 Å². The summed E-state index contributed by atoms with van der Waals surface area (Å²) in [4.78, 5) is 11.2. The molecule has 88 valence electrons. The Morgan fingerprint density at radius 2 is 2.33 bits per heavy atom. The zero-order chi connectivity index (χ0) is 11.1. The minimum absolute atomic E-state index is 0.670. The fraction of sp³-hybridized carbons (Fsp3) is 0.900. The van der Waals surface area contributed by atoms with Gasteiger partial charge in [-0.1, -0.05) is 0 Å². The normalized spacial score (nSPS) is 26.5. The van der Waals surface area contributed by atoms with Crippen LogP contribution < -0.4 is 10.6 Å². The van der Waals surface area contributed by atoms with Crippen molar-refractivity contribution < 1.29 is 9.90 Å². The zero-order valence-corrected chi connectivity index (χ0v) is 10.0. The van der Waals surface area contributed by atoms with E-state index in [1.54, 1.807) is 11.8 Å². The summed E-state index contributed by atoms with van der Waals surface area (Å²) in [7, 11) is 1.91. The van der Waals surface area contributed by atoms with Crippen molar-refractivity contribution in [3.63, 3.8) is 0 Å². The van der Waals surface area contributed by atoms with E-state index in [9.17, 15) is 9.90 Å². The molecule has 0 bridgehead atoms. The summed E-state index contributed by atoms with van der Waals surface area (Å²) in [6.45, 7) is 1.70. The molecule has 3 N–H and O–H groups in total. The van der Waals surface area contributed by atoms with Crippen molar-refractivity contribution in [1.82, 2.24) is 10.6 Å². The molecule has 0 amide bonds. The monoisotopic (exact) mass is 232 g/mol. The molecule has 0 spiro atoms. The van der Waals surface area contributed by atoms with Crippen LogP contribution in [0.2, 0.25) is 0 Å². The summed E-state index contributed by atoms with van der Waals surface area (Å²) in [6.07, 6.45) is 2.72. The minimum Gasteiger partial charge on any atom is -0.480 e. The van der Waals surface area contributed by atoms with Crippen LogP contribution in [0.1, 0.15) is 19.3 Å². The number of aliphatic carboxylic acids is 1. The number of nitrogens with one attached hydrogen (secondary N) is 2. The Labute approximate surface area is 95.2 Å². The Kier molecular flexibility index (Phi) is 5.42. The number of carboxylic acid groups (broad SMARTS) is 1. The highest BCUT2D eigenvalue weighted by Crippen LogP contribution is 2.26. The maximum absolute atomic E-state index is 11.2. The van der Waals surface area contributed by atoms with Crippen LogP contribution in [0.25, 0.3) is 0 Å². The minimum atomic E-state index is -0.695. The fourth-order valence-corrected chi connectivity index (χ4v) is 2.98. The Balaban J connectivity index is 2.39. The van der Waals surface area contributed by atoms with Gasteiger partial charge in [0.05, 0.1) is 0 Å². The van der Waals surface area contributed by atoms with Gasteiger partial charge in [-0.2, -0.15) is 11.8 Å². The van der Waals surface area contributed by atoms with Gasteiger partial charge in [-0.25, -0.2) is 0 Å². The molecule has 1 fully saturated rings. The first-order chi connectivity index (χ1) is 7.21. The van der Waals surface area contributed by atoms with Gasteiger partial charge >= 0.3 is 5.97 Å². The van der Waals surface area contributed by atoms with Gasteiger partial charge in [0.15, 0.2) is 0 Å². The van der Waals surface area contributed by atoms with Crippen molar-refractivity contribution in [3.05, 3.63) is 0 Å². The van der Waals surface area contributed by atoms with E-state index in [2.05, 4.69) is 10.6 Å². The standard InChI is InChI=1S/C10H20N2O2S/c1-11-5-3-6-12-10(9(13)14)4-2-7-15-8-10/h11-12H,2-8H2,1H3,(H,13,14). The smallest absolute Gasteiger partial charge is 0.324 e. The summed E-state index contributed by atoms with van der Waals surface area (Å²) in [5, 5.41) is 15.5. The lowest BCUT2D eigenvalue weighted by molar-refractivity contribution is -0.144. The van der Waals surface area contributed by atoms with Crippen LogP contribution in [0.3, 0.4) is 0 Å². The summed E-state index contributed by atoms with van der Waals surface area (Å²) in [5.74, 6) is 1.09. The molecule has 0 radical (unpaired) electrons. The molecular formula is C10H20N2O2S. The summed E-state index contributed by atoms with van der Waals surface area (Å²) in [6, 6.07) is 0. The van der Waals surface area contributed by atoms with E-state index < -0.39 is 11.5 Å². The molecule has 15 heavy (non-hydrogen) atoms. The molecule has 0 saturated carbocycles. The van der Waals surface area contributed by atoms with Gasteiger partial charge in [0, 0.05) is 5.75 Å². The van der Waals surface area contributed by atoms with E-state index >= 15 is 0 Å². The molecule has 1 aliphatic heterocycles. The summed E-state index contributed by atoms with van der Waals surface area (Å²) >= 11 is 1.74. The Hall–Kier alpha value is -0.260. The first-order valence-electron chi connectivity index (χ1n) is 5.42. The van der Waals surface area contributed by atoms with Crippen LogP contribution >= 0.6 is 11.8 Å². The average molecular weight is 232 g/mol. The molecule has 0 aliphatic carbocycles. The molecule has 1 aliphatic rings. The fourth-order valence-electron chi connectivity index (χ4n) is 1.77. The number of thioether (sulfide) groups is 1. The molecule has 1 saturated heterocycles. The highest BCUT2D eigenvalue weighted by molar-refractivity contribution is 7.99. The SMILES string of the molecule is CNCCCNC1(C(=O)O)CCCSC1. The molecule has 0 aromatic rings. The first-order valence-corrected chi connectivity index (χ1v) is 6.57. The van der Waals surface area contributed by atoms with Gasteiger partial charge in [0.2, 0.25) is 0 Å². The van der Waals surface area contributed by atoms with Gasteiger partial charge in [-0.3, -0.25) is 4.79 Å². The van der Waals surface area contributed by atoms with Crippen molar-refractivity contribution in [1.29, 1.82) is 0 Å². The number of carbonyl (C=O) groups is 1. The van der Waals surface area contributed by atoms with E-state index in [0.717, 1.165) is 38.1 Å². The number of hydrogen-bond donors (Lipinski definition) is 3. The van der Waals surface area contributed by atoms with E-state index in [1.165, 1.54) is 0 Å². The molecule has 1 atom stereocenters. The Morgan fingerprint density at radius 1 is 1.53 bits per heavy atom. The topological polar surface area (TPSA) is 61.4 Å². The molecule has 0 aromatic heterocycles. The van der Waals surface area contributed by atoms with Crippen LogP contribution in [-0.2, 0) is 4.79 Å². The second-order valence-electron chi connectivity index (χ2n) is 3.93. The van der Waals surface area contributed by atoms with Crippen molar-refractivity contribution in [2.24, 2.45) is 0 Å². The second kappa shape index (κ2) is 6.35. The molecule has 1 rings (SSSR count). The van der Waals surface area contributed by atoms with E-state index in [4.69, 9.17) is 0 Å². The van der Waals surface area contributed by atoms with Gasteiger partial charge in [-0.05, 0) is 45.2 Å². The summed E-state index contributed by atoms with van der Waals surface area (Å²) in [5.41, 5.74) is -0.670. The molecular weight excluding hydrogens is 212 g/mol. The van der Waals surface area contributed by atoms with Gasteiger partial charge in [-0.15, -0.1) is 0 Å². The maximum atomic E-state index is 11.2. The number of carboxylic acids is 1. The van der Waals surface area contributed by atoms with Crippen LogP contribution in [0.4, 0.5) is 0 Å². The third-order valence-corrected chi connectivity index (χ3v) is 3.99. The largest absolute Gasteiger partial charge is 0.480 e. The lowest BCUT2D eigenvalue weighted by atomic mass is 9.95. The van der Waals surface area contributed by atoms with Crippen LogP contribution in [0.15, 0.2) is 0 Å². The average Bonchev–Trinajstić information content (AvgIpc) is 2.26.